The van der Waals surface area contributed by atoms with Crippen LogP contribution < -0.4 is 5.32 Å². The van der Waals surface area contributed by atoms with Crippen molar-refractivity contribution in [3.05, 3.63) is 38.9 Å². The summed E-state index contributed by atoms with van der Waals surface area (Å²) in [4.78, 5) is 24.7. The quantitative estimate of drug-likeness (QED) is 0.911. The normalized spacial score (nSPS) is 17.5. The second kappa shape index (κ2) is 5.38. The van der Waals surface area contributed by atoms with Gasteiger partial charge in [0.15, 0.2) is 0 Å². The average molecular weight is 307 g/mol. The highest BCUT2D eigenvalue weighted by Crippen LogP contribution is 2.36. The van der Waals surface area contributed by atoms with Crippen LogP contribution in [-0.2, 0) is 11.2 Å². The lowest BCUT2D eigenvalue weighted by Crippen LogP contribution is -2.24. The molecule has 2 heterocycles. The lowest BCUT2D eigenvalue weighted by Gasteiger charge is -2.21. The number of rotatable bonds is 3. The maximum atomic E-state index is 12.4. The summed E-state index contributed by atoms with van der Waals surface area (Å²) in [6, 6.07) is 3.52. The fraction of sp³-hybridized carbons (Fsp3) is 0.286. The van der Waals surface area contributed by atoms with E-state index >= 15 is 0 Å². The van der Waals surface area contributed by atoms with Crippen molar-refractivity contribution in [3.63, 3.8) is 0 Å². The van der Waals surface area contributed by atoms with Crippen molar-refractivity contribution in [2.24, 2.45) is 0 Å². The van der Waals surface area contributed by atoms with E-state index in [0.717, 1.165) is 24.8 Å². The summed E-state index contributed by atoms with van der Waals surface area (Å²) >= 11 is 2.93. The van der Waals surface area contributed by atoms with Gasteiger partial charge in [0.2, 0.25) is 5.91 Å². The van der Waals surface area contributed by atoms with Crippen LogP contribution in [0.15, 0.2) is 22.9 Å². The average Bonchev–Trinajstić information content (AvgIpc) is 3.05. The predicted octanol–water partition coefficient (Wildman–Crippen LogP) is 3.57. The Bertz CT molecular complexity index is 659. The molecule has 3 rings (SSSR count). The van der Waals surface area contributed by atoms with E-state index in [9.17, 15) is 9.59 Å². The van der Waals surface area contributed by atoms with Crippen molar-refractivity contribution in [2.75, 3.05) is 5.32 Å². The maximum Gasteiger partial charge on any atom is 0.338 e. The van der Waals surface area contributed by atoms with Crippen LogP contribution in [0.2, 0.25) is 0 Å². The van der Waals surface area contributed by atoms with Crippen molar-refractivity contribution in [2.45, 2.75) is 25.2 Å². The topological polar surface area (TPSA) is 66.4 Å². The molecule has 1 aliphatic carbocycles. The van der Waals surface area contributed by atoms with Gasteiger partial charge in [0, 0.05) is 4.88 Å². The molecule has 0 spiro atoms. The van der Waals surface area contributed by atoms with Crippen LogP contribution in [0.4, 0.5) is 5.00 Å². The van der Waals surface area contributed by atoms with E-state index in [2.05, 4.69) is 5.32 Å². The second-order valence-electron chi connectivity index (χ2n) is 4.70. The van der Waals surface area contributed by atoms with Gasteiger partial charge in [0.05, 0.1) is 11.5 Å². The van der Waals surface area contributed by atoms with Crippen LogP contribution in [0.25, 0.3) is 0 Å². The Morgan fingerprint density at radius 2 is 2.05 bits per heavy atom. The number of aryl methyl sites for hydroxylation is 1. The van der Waals surface area contributed by atoms with E-state index in [1.54, 1.807) is 16.7 Å². The first-order chi connectivity index (χ1) is 9.66. The summed E-state index contributed by atoms with van der Waals surface area (Å²) in [6.07, 6.45) is 2.86. The zero-order valence-electron chi connectivity index (χ0n) is 10.6. The molecule has 0 aliphatic heterocycles. The number of nitrogens with one attached hydrogen (secondary N) is 1. The Kier molecular flexibility index (Phi) is 3.58. The number of aromatic carboxylic acids is 1. The van der Waals surface area contributed by atoms with Gasteiger partial charge in [-0.2, -0.15) is 0 Å². The van der Waals surface area contributed by atoms with Crippen LogP contribution in [0, 0.1) is 0 Å². The van der Waals surface area contributed by atoms with Crippen LogP contribution in [0.1, 0.15) is 39.6 Å². The lowest BCUT2D eigenvalue weighted by molar-refractivity contribution is -0.117. The number of thiophene rings is 2. The first kappa shape index (κ1) is 13.3. The van der Waals surface area contributed by atoms with Crippen molar-refractivity contribution in [1.29, 1.82) is 0 Å². The lowest BCUT2D eigenvalue weighted by atomic mass is 9.87. The zero-order valence-corrected chi connectivity index (χ0v) is 12.2. The third kappa shape index (κ3) is 2.36. The van der Waals surface area contributed by atoms with E-state index < -0.39 is 5.97 Å². The van der Waals surface area contributed by atoms with Crippen LogP contribution in [0.5, 0.6) is 0 Å². The molecule has 4 nitrogen and oxygen atoms in total. The Hall–Kier alpha value is -1.66. The minimum Gasteiger partial charge on any atom is -0.478 e. The smallest absolute Gasteiger partial charge is 0.338 e. The summed E-state index contributed by atoms with van der Waals surface area (Å²) in [6.45, 7) is 0. The van der Waals surface area contributed by atoms with Crippen molar-refractivity contribution in [1.82, 2.24) is 0 Å². The molecule has 0 aromatic carbocycles. The van der Waals surface area contributed by atoms with E-state index in [4.69, 9.17) is 5.11 Å². The van der Waals surface area contributed by atoms with Gasteiger partial charge in [-0.25, -0.2) is 4.79 Å². The summed E-state index contributed by atoms with van der Waals surface area (Å²) < 4.78 is 0. The van der Waals surface area contributed by atoms with E-state index in [-0.39, 0.29) is 17.4 Å². The van der Waals surface area contributed by atoms with Gasteiger partial charge in [-0.15, -0.1) is 22.7 Å². The fourth-order valence-electron chi connectivity index (χ4n) is 2.53. The second-order valence-corrected chi connectivity index (χ2v) is 6.62. The summed E-state index contributed by atoms with van der Waals surface area (Å²) in [5, 5.41) is 16.0. The van der Waals surface area contributed by atoms with Gasteiger partial charge < -0.3 is 10.4 Å². The van der Waals surface area contributed by atoms with Gasteiger partial charge in [0.1, 0.15) is 5.00 Å². The van der Waals surface area contributed by atoms with E-state index in [1.807, 2.05) is 11.4 Å². The number of hydrogen-bond acceptors (Lipinski definition) is 4. The number of carbonyl (C=O) groups is 2. The van der Waals surface area contributed by atoms with Crippen molar-refractivity contribution < 1.29 is 14.7 Å². The molecular formula is C14H13NO3S2. The Morgan fingerprint density at radius 3 is 2.85 bits per heavy atom. The highest BCUT2D eigenvalue weighted by atomic mass is 32.1. The molecule has 20 heavy (non-hydrogen) atoms. The molecule has 6 heteroatoms. The summed E-state index contributed by atoms with van der Waals surface area (Å²) in [5.41, 5.74) is 1.26. The Morgan fingerprint density at radius 1 is 1.25 bits per heavy atom. The zero-order chi connectivity index (χ0) is 14.1. The van der Waals surface area contributed by atoms with Gasteiger partial charge in [-0.05, 0) is 47.7 Å². The highest BCUT2D eigenvalue weighted by molar-refractivity contribution is 7.14. The molecule has 0 saturated heterocycles. The summed E-state index contributed by atoms with van der Waals surface area (Å²) in [7, 11) is 0. The monoisotopic (exact) mass is 307 g/mol. The fourth-order valence-corrected chi connectivity index (χ4v) is 4.30. The first-order valence-electron chi connectivity index (χ1n) is 6.34. The number of carboxylic acid groups (broad SMARTS) is 1. The molecule has 2 aromatic heterocycles. The Labute approximate surface area is 124 Å². The SMILES string of the molecule is O=C(O)c1ccsc1NC(=O)C1CCCc2sccc21. The molecule has 0 radical (unpaired) electrons. The largest absolute Gasteiger partial charge is 0.478 e. The number of anilines is 1. The minimum absolute atomic E-state index is 0.102. The predicted molar refractivity (Wildman–Crippen MR) is 79.9 cm³/mol. The molecule has 1 amide bonds. The first-order valence-corrected chi connectivity index (χ1v) is 8.10. The third-order valence-electron chi connectivity index (χ3n) is 3.50. The van der Waals surface area contributed by atoms with Gasteiger partial charge in [0.25, 0.3) is 0 Å². The van der Waals surface area contributed by atoms with Gasteiger partial charge >= 0.3 is 5.97 Å². The van der Waals surface area contributed by atoms with Crippen LogP contribution in [0.3, 0.4) is 0 Å². The number of hydrogen-bond donors (Lipinski definition) is 2. The van der Waals surface area contributed by atoms with E-state index in [1.165, 1.54) is 22.3 Å². The number of fused-ring (bicyclic) bond motifs is 1. The molecule has 0 saturated carbocycles. The van der Waals surface area contributed by atoms with Gasteiger partial charge in [-0.3, -0.25) is 4.79 Å². The summed E-state index contributed by atoms with van der Waals surface area (Å²) in [5.74, 6) is -1.27. The molecule has 2 N–H and O–H groups in total. The molecule has 104 valence electrons. The molecule has 1 atom stereocenters. The number of carboxylic acids is 1. The molecule has 0 bridgehead atoms. The van der Waals surface area contributed by atoms with Crippen LogP contribution >= 0.6 is 22.7 Å². The highest BCUT2D eigenvalue weighted by Gasteiger charge is 2.28. The van der Waals surface area contributed by atoms with Crippen LogP contribution in [-0.4, -0.2) is 17.0 Å². The van der Waals surface area contributed by atoms with Crippen molar-refractivity contribution >= 4 is 39.6 Å². The van der Waals surface area contributed by atoms with Crippen molar-refractivity contribution in [3.8, 4) is 0 Å². The number of carbonyl (C=O) groups excluding carboxylic acids is 1. The van der Waals surface area contributed by atoms with E-state index in [0.29, 0.717) is 5.00 Å². The Balaban J connectivity index is 1.81. The molecule has 1 aliphatic rings. The maximum absolute atomic E-state index is 12.4. The molecule has 1 unspecified atom stereocenters. The third-order valence-corrected chi connectivity index (χ3v) is 5.33. The molecule has 0 fully saturated rings. The molecule has 2 aromatic rings. The standard InChI is InChI=1S/C14H13NO3S2/c16-12(15-13-10(14(17)18)5-7-20-13)9-2-1-3-11-8(9)4-6-19-11/h4-7,9H,1-3H2,(H,15,16)(H,17,18). The molecular weight excluding hydrogens is 294 g/mol. The van der Waals surface area contributed by atoms with Gasteiger partial charge in [-0.1, -0.05) is 0 Å². The number of amides is 1. The minimum atomic E-state index is -1.01.